The van der Waals surface area contributed by atoms with Crippen LogP contribution in [0.15, 0.2) is 48.5 Å². The standard InChI is InChI=1S/C23H24N4O2S2/c1-15-8-9-19(10-16(15)2)27-12-18(11-21(27)29)22-25-26-23(31-22)24-20(28)14-30-13-17-6-4-3-5-7-17/h3-10,18H,11-14H2,1-2H3,(H,24,26,28)/t18-/m0/s1. The average Bonchev–Trinajstić information content (AvgIpc) is 3.37. The lowest BCUT2D eigenvalue weighted by Gasteiger charge is -2.17. The fraction of sp³-hybridized carbons (Fsp3) is 0.304. The van der Waals surface area contributed by atoms with Crippen molar-refractivity contribution < 1.29 is 9.59 Å². The van der Waals surface area contributed by atoms with Gasteiger partial charge < -0.3 is 4.90 Å². The van der Waals surface area contributed by atoms with Gasteiger partial charge in [0, 0.05) is 30.3 Å². The summed E-state index contributed by atoms with van der Waals surface area (Å²) in [6.07, 6.45) is 0.405. The Hall–Kier alpha value is -2.71. The molecule has 1 fully saturated rings. The first-order valence-electron chi connectivity index (χ1n) is 10.1. The number of hydrogen-bond acceptors (Lipinski definition) is 6. The molecule has 160 valence electrons. The monoisotopic (exact) mass is 452 g/mol. The lowest BCUT2D eigenvalue weighted by atomic mass is 10.1. The summed E-state index contributed by atoms with van der Waals surface area (Å²) >= 11 is 2.91. The van der Waals surface area contributed by atoms with Crippen molar-refractivity contribution in [2.45, 2.75) is 31.9 Å². The Kier molecular flexibility index (Phi) is 6.67. The lowest BCUT2D eigenvalue weighted by Crippen LogP contribution is -2.24. The van der Waals surface area contributed by atoms with Crippen molar-refractivity contribution in [1.82, 2.24) is 10.2 Å². The van der Waals surface area contributed by atoms with Crippen LogP contribution in [0, 0.1) is 13.8 Å². The van der Waals surface area contributed by atoms with Crippen molar-refractivity contribution in [2.24, 2.45) is 0 Å². The number of aryl methyl sites for hydroxylation is 2. The van der Waals surface area contributed by atoms with E-state index >= 15 is 0 Å². The number of carbonyl (C=O) groups excluding carboxylic acids is 2. The van der Waals surface area contributed by atoms with Crippen molar-refractivity contribution >= 4 is 45.7 Å². The van der Waals surface area contributed by atoms with Gasteiger partial charge in [0.2, 0.25) is 16.9 Å². The molecule has 8 heteroatoms. The molecule has 0 bridgehead atoms. The van der Waals surface area contributed by atoms with Gasteiger partial charge in [0.05, 0.1) is 5.75 Å². The Balaban J connectivity index is 1.31. The van der Waals surface area contributed by atoms with Gasteiger partial charge in [-0.1, -0.05) is 47.7 Å². The summed E-state index contributed by atoms with van der Waals surface area (Å²) in [4.78, 5) is 26.6. The first-order valence-corrected chi connectivity index (χ1v) is 12.1. The highest BCUT2D eigenvalue weighted by molar-refractivity contribution is 7.99. The highest BCUT2D eigenvalue weighted by Gasteiger charge is 2.34. The van der Waals surface area contributed by atoms with E-state index in [2.05, 4.69) is 35.4 Å². The largest absolute Gasteiger partial charge is 0.312 e. The van der Waals surface area contributed by atoms with Gasteiger partial charge in [-0.2, -0.15) is 0 Å². The molecule has 1 atom stereocenters. The number of nitrogens with one attached hydrogen (secondary N) is 1. The Morgan fingerprint density at radius 3 is 2.74 bits per heavy atom. The van der Waals surface area contributed by atoms with Gasteiger partial charge in [-0.05, 0) is 42.7 Å². The molecule has 0 radical (unpaired) electrons. The van der Waals surface area contributed by atoms with E-state index in [0.717, 1.165) is 16.4 Å². The van der Waals surface area contributed by atoms with Gasteiger partial charge in [0.15, 0.2) is 0 Å². The molecule has 3 aromatic rings. The third-order valence-corrected chi connectivity index (χ3v) is 7.31. The second-order valence-corrected chi connectivity index (χ2v) is 9.64. The van der Waals surface area contributed by atoms with Crippen LogP contribution in [0.1, 0.15) is 34.0 Å². The van der Waals surface area contributed by atoms with Gasteiger partial charge in [0.25, 0.3) is 0 Å². The molecule has 0 spiro atoms. The molecule has 4 rings (SSSR count). The van der Waals surface area contributed by atoms with E-state index in [1.807, 2.05) is 47.4 Å². The van der Waals surface area contributed by atoms with Gasteiger partial charge >= 0.3 is 0 Å². The smallest absolute Gasteiger partial charge is 0.236 e. The van der Waals surface area contributed by atoms with E-state index in [4.69, 9.17) is 0 Å². The number of rotatable bonds is 7. The Morgan fingerprint density at radius 2 is 1.97 bits per heavy atom. The van der Waals surface area contributed by atoms with Crippen molar-refractivity contribution in [1.29, 1.82) is 0 Å². The highest BCUT2D eigenvalue weighted by Crippen LogP contribution is 2.34. The van der Waals surface area contributed by atoms with Crippen LogP contribution in [0.3, 0.4) is 0 Å². The van der Waals surface area contributed by atoms with Crippen molar-refractivity contribution in [3.8, 4) is 0 Å². The maximum atomic E-state index is 12.6. The van der Waals surface area contributed by atoms with Crippen LogP contribution in [0.2, 0.25) is 0 Å². The molecule has 1 aliphatic rings. The van der Waals surface area contributed by atoms with Gasteiger partial charge in [-0.15, -0.1) is 22.0 Å². The zero-order valence-corrected chi connectivity index (χ0v) is 19.1. The third-order valence-electron chi connectivity index (χ3n) is 5.31. The minimum Gasteiger partial charge on any atom is -0.312 e. The SMILES string of the molecule is Cc1ccc(N2C[C@@H](c3nnc(NC(=O)CSCc4ccccc4)s3)CC2=O)cc1C. The molecular weight excluding hydrogens is 428 g/mol. The minimum absolute atomic E-state index is 0.00952. The average molecular weight is 453 g/mol. The van der Waals surface area contributed by atoms with Gasteiger partial charge in [0.1, 0.15) is 5.01 Å². The van der Waals surface area contributed by atoms with E-state index in [9.17, 15) is 9.59 Å². The molecule has 2 aromatic carbocycles. The van der Waals surface area contributed by atoms with Crippen LogP contribution in [0.5, 0.6) is 0 Å². The highest BCUT2D eigenvalue weighted by atomic mass is 32.2. The maximum absolute atomic E-state index is 12.6. The summed E-state index contributed by atoms with van der Waals surface area (Å²) in [7, 11) is 0. The zero-order chi connectivity index (χ0) is 21.8. The Bertz CT molecular complexity index is 1080. The minimum atomic E-state index is -0.0945. The van der Waals surface area contributed by atoms with Crippen LogP contribution in [0.25, 0.3) is 0 Å². The van der Waals surface area contributed by atoms with E-state index in [1.54, 1.807) is 11.8 Å². The number of nitrogens with zero attached hydrogens (tertiary/aromatic N) is 3. The van der Waals surface area contributed by atoms with Crippen LogP contribution in [-0.4, -0.2) is 34.3 Å². The number of hydrogen-bond donors (Lipinski definition) is 1. The molecule has 1 saturated heterocycles. The number of aromatic nitrogens is 2. The van der Waals surface area contributed by atoms with Gasteiger partial charge in [-0.3, -0.25) is 14.9 Å². The van der Waals surface area contributed by atoms with Crippen LogP contribution in [-0.2, 0) is 15.3 Å². The molecule has 0 saturated carbocycles. The predicted molar refractivity (Wildman–Crippen MR) is 127 cm³/mol. The second-order valence-electron chi connectivity index (χ2n) is 7.65. The van der Waals surface area contributed by atoms with Crippen LogP contribution >= 0.6 is 23.1 Å². The summed E-state index contributed by atoms with van der Waals surface area (Å²) < 4.78 is 0. The number of benzene rings is 2. The number of anilines is 2. The molecule has 0 aliphatic carbocycles. The fourth-order valence-electron chi connectivity index (χ4n) is 3.46. The number of carbonyl (C=O) groups is 2. The summed E-state index contributed by atoms with van der Waals surface area (Å²) in [5, 5.41) is 12.4. The maximum Gasteiger partial charge on any atom is 0.236 e. The summed E-state index contributed by atoms with van der Waals surface area (Å²) in [5.41, 5.74) is 4.49. The summed E-state index contributed by atoms with van der Waals surface area (Å²) in [6.45, 7) is 4.69. The molecule has 1 N–H and O–H groups in total. The first-order chi connectivity index (χ1) is 15.0. The van der Waals surface area contributed by atoms with E-state index in [1.165, 1.54) is 28.0 Å². The summed E-state index contributed by atoms with van der Waals surface area (Å²) in [5.74, 6) is 1.12. The van der Waals surface area contributed by atoms with Crippen LogP contribution < -0.4 is 10.2 Å². The molecule has 2 heterocycles. The first kappa shape index (κ1) is 21.5. The Labute approximate surface area is 190 Å². The predicted octanol–water partition coefficient (Wildman–Crippen LogP) is 4.55. The molecule has 2 amide bonds. The van der Waals surface area contributed by atoms with E-state index in [-0.39, 0.29) is 17.7 Å². The molecule has 1 aliphatic heterocycles. The Morgan fingerprint density at radius 1 is 1.16 bits per heavy atom. The van der Waals surface area contributed by atoms with Crippen LogP contribution in [0.4, 0.5) is 10.8 Å². The topological polar surface area (TPSA) is 75.2 Å². The quantitative estimate of drug-likeness (QED) is 0.569. The molecular formula is C23H24N4O2S2. The zero-order valence-electron chi connectivity index (χ0n) is 17.5. The van der Waals surface area contributed by atoms with Crippen molar-refractivity contribution in [3.63, 3.8) is 0 Å². The number of amides is 2. The molecule has 31 heavy (non-hydrogen) atoms. The molecule has 0 unspecified atom stereocenters. The fourth-order valence-corrected chi connectivity index (χ4v) is 5.10. The molecule has 1 aromatic heterocycles. The van der Waals surface area contributed by atoms with Crippen molar-refractivity contribution in [3.05, 3.63) is 70.2 Å². The second kappa shape index (κ2) is 9.62. The number of thioether (sulfide) groups is 1. The van der Waals surface area contributed by atoms with Gasteiger partial charge in [-0.25, -0.2) is 0 Å². The molecule has 6 nitrogen and oxygen atoms in total. The van der Waals surface area contributed by atoms with Crippen molar-refractivity contribution in [2.75, 3.05) is 22.5 Å². The van der Waals surface area contributed by atoms with E-state index in [0.29, 0.717) is 23.8 Å². The third kappa shape index (κ3) is 5.32. The lowest BCUT2D eigenvalue weighted by molar-refractivity contribution is -0.117. The van der Waals surface area contributed by atoms with E-state index < -0.39 is 0 Å². The normalized spacial score (nSPS) is 16.0. The summed E-state index contributed by atoms with van der Waals surface area (Å²) in [6, 6.07) is 16.1.